The molecule has 0 aliphatic carbocycles. The molecule has 0 atom stereocenters. The van der Waals surface area contributed by atoms with Crippen molar-refractivity contribution in [1.82, 2.24) is 9.78 Å². The Labute approximate surface area is 160 Å². The van der Waals surface area contributed by atoms with E-state index in [0.29, 0.717) is 16.8 Å². The van der Waals surface area contributed by atoms with Crippen molar-refractivity contribution in [3.63, 3.8) is 0 Å². The van der Waals surface area contributed by atoms with Crippen LogP contribution in [0.2, 0.25) is 0 Å². The van der Waals surface area contributed by atoms with E-state index < -0.39 is 28.8 Å². The Hall–Kier alpha value is -2.84. The molecule has 9 heteroatoms. The molecular formula is C19H22F3N3O3. The first-order chi connectivity index (χ1) is 13.0. The van der Waals surface area contributed by atoms with Crippen LogP contribution in [0.1, 0.15) is 50.2 Å². The summed E-state index contributed by atoms with van der Waals surface area (Å²) >= 11 is 0. The van der Waals surface area contributed by atoms with Gasteiger partial charge in [-0.3, -0.25) is 4.79 Å². The Morgan fingerprint density at radius 2 is 1.75 bits per heavy atom. The fourth-order valence-corrected chi connectivity index (χ4v) is 2.32. The van der Waals surface area contributed by atoms with Gasteiger partial charge >= 0.3 is 12.1 Å². The molecule has 1 amide bonds. The van der Waals surface area contributed by atoms with E-state index in [2.05, 4.69) is 15.2 Å². The zero-order valence-corrected chi connectivity index (χ0v) is 16.1. The first-order valence-electron chi connectivity index (χ1n) is 8.75. The minimum Gasteiger partial charge on any atom is -0.462 e. The summed E-state index contributed by atoms with van der Waals surface area (Å²) in [5.74, 6) is -1.28. The number of benzene rings is 1. The highest BCUT2D eigenvalue weighted by atomic mass is 19.4. The van der Waals surface area contributed by atoms with Crippen molar-refractivity contribution >= 4 is 17.6 Å². The standard InChI is InChI=1S/C19H22F3N3O3/c1-5-18(3,4)17(27)24-12-7-9-13(10-8-12)25-15(19(20,21)22)14(11-23-25)16(26)28-6-2/h7-11H,5-6H2,1-4H3,(H,24,27). The van der Waals surface area contributed by atoms with Gasteiger partial charge in [0.15, 0.2) is 5.69 Å². The second-order valence-corrected chi connectivity index (χ2v) is 6.78. The van der Waals surface area contributed by atoms with E-state index in [4.69, 9.17) is 0 Å². The Bertz CT molecular complexity index is 856. The number of hydrogen-bond acceptors (Lipinski definition) is 4. The number of nitrogens with zero attached hydrogens (tertiary/aromatic N) is 2. The summed E-state index contributed by atoms with van der Waals surface area (Å²) in [6.45, 7) is 6.94. The lowest BCUT2D eigenvalue weighted by Crippen LogP contribution is -2.29. The van der Waals surface area contributed by atoms with Gasteiger partial charge in [-0.15, -0.1) is 0 Å². The highest BCUT2D eigenvalue weighted by Gasteiger charge is 2.41. The number of halogens is 3. The average molecular weight is 397 g/mol. The van der Waals surface area contributed by atoms with E-state index in [0.717, 1.165) is 6.20 Å². The van der Waals surface area contributed by atoms with Crippen LogP contribution in [0.3, 0.4) is 0 Å². The van der Waals surface area contributed by atoms with Crippen molar-refractivity contribution in [2.75, 3.05) is 11.9 Å². The van der Waals surface area contributed by atoms with Crippen molar-refractivity contribution < 1.29 is 27.5 Å². The number of rotatable bonds is 6. The maximum absolute atomic E-state index is 13.5. The van der Waals surface area contributed by atoms with Gasteiger partial charge < -0.3 is 10.1 Å². The number of carbonyl (C=O) groups is 2. The summed E-state index contributed by atoms with van der Waals surface area (Å²) in [5, 5.41) is 6.44. The minimum atomic E-state index is -4.81. The molecule has 2 aromatic rings. The number of aromatic nitrogens is 2. The zero-order chi connectivity index (χ0) is 21.1. The number of alkyl halides is 3. The van der Waals surface area contributed by atoms with Gasteiger partial charge in [0.2, 0.25) is 5.91 Å². The monoisotopic (exact) mass is 397 g/mol. The van der Waals surface area contributed by atoms with Gasteiger partial charge in [-0.05, 0) is 37.6 Å². The number of ether oxygens (including phenoxy) is 1. The Balaban J connectivity index is 2.36. The average Bonchev–Trinajstić information content (AvgIpc) is 3.08. The molecule has 0 aliphatic heterocycles. The van der Waals surface area contributed by atoms with Crippen molar-refractivity contribution in [2.24, 2.45) is 5.41 Å². The number of amides is 1. The summed E-state index contributed by atoms with van der Waals surface area (Å²) in [7, 11) is 0. The number of carbonyl (C=O) groups excluding carboxylic acids is 2. The lowest BCUT2D eigenvalue weighted by atomic mass is 9.89. The Morgan fingerprint density at radius 3 is 2.25 bits per heavy atom. The van der Waals surface area contributed by atoms with Gasteiger partial charge in [0, 0.05) is 11.1 Å². The maximum atomic E-state index is 13.5. The SMILES string of the molecule is CCOC(=O)c1cnn(-c2ccc(NC(=O)C(C)(C)CC)cc2)c1C(F)(F)F. The third-order valence-corrected chi connectivity index (χ3v) is 4.40. The van der Waals surface area contributed by atoms with Crippen LogP contribution in [0.5, 0.6) is 0 Å². The molecule has 0 bridgehead atoms. The summed E-state index contributed by atoms with van der Waals surface area (Å²) in [5.41, 5.74) is -1.90. The van der Waals surface area contributed by atoms with Crippen molar-refractivity contribution in [3.8, 4) is 5.69 Å². The van der Waals surface area contributed by atoms with Crippen LogP contribution in [0.15, 0.2) is 30.5 Å². The molecule has 0 aliphatic rings. The lowest BCUT2D eigenvalue weighted by molar-refractivity contribution is -0.143. The molecule has 1 heterocycles. The summed E-state index contributed by atoms with van der Waals surface area (Å²) < 4.78 is 45.9. The lowest BCUT2D eigenvalue weighted by Gasteiger charge is -2.21. The number of nitrogens with one attached hydrogen (secondary N) is 1. The van der Waals surface area contributed by atoms with Crippen LogP contribution in [0.25, 0.3) is 5.69 Å². The summed E-state index contributed by atoms with van der Waals surface area (Å²) in [6, 6.07) is 5.72. The molecule has 0 saturated carbocycles. The topological polar surface area (TPSA) is 73.2 Å². The molecule has 0 fully saturated rings. The summed E-state index contributed by atoms with van der Waals surface area (Å²) in [6.07, 6.45) is -3.34. The molecule has 1 aromatic carbocycles. The second kappa shape index (κ2) is 8.04. The number of hydrogen-bond donors (Lipinski definition) is 1. The molecule has 152 valence electrons. The van der Waals surface area contributed by atoms with Gasteiger partial charge in [0.05, 0.1) is 18.5 Å². The third kappa shape index (κ3) is 4.52. The van der Waals surface area contributed by atoms with Gasteiger partial charge in [0.25, 0.3) is 0 Å². The molecule has 0 unspecified atom stereocenters. The fourth-order valence-electron chi connectivity index (χ4n) is 2.32. The summed E-state index contributed by atoms with van der Waals surface area (Å²) in [4.78, 5) is 24.0. The van der Waals surface area contributed by atoms with Crippen LogP contribution >= 0.6 is 0 Å². The molecule has 1 N–H and O–H groups in total. The molecule has 1 aromatic heterocycles. The van der Waals surface area contributed by atoms with Crippen LogP contribution in [-0.4, -0.2) is 28.3 Å². The quantitative estimate of drug-likeness (QED) is 0.732. The molecule has 28 heavy (non-hydrogen) atoms. The largest absolute Gasteiger partial charge is 0.462 e. The first-order valence-corrected chi connectivity index (χ1v) is 8.75. The van der Waals surface area contributed by atoms with E-state index >= 15 is 0 Å². The van der Waals surface area contributed by atoms with E-state index in [1.54, 1.807) is 13.8 Å². The van der Waals surface area contributed by atoms with Gasteiger partial charge in [-0.1, -0.05) is 20.8 Å². The van der Waals surface area contributed by atoms with Crippen molar-refractivity contribution in [3.05, 3.63) is 41.7 Å². The van der Waals surface area contributed by atoms with E-state index in [1.807, 2.05) is 6.92 Å². The van der Waals surface area contributed by atoms with Crippen molar-refractivity contribution in [1.29, 1.82) is 0 Å². The molecular weight excluding hydrogens is 375 g/mol. The maximum Gasteiger partial charge on any atom is 0.434 e. The zero-order valence-electron chi connectivity index (χ0n) is 16.1. The molecule has 0 radical (unpaired) electrons. The van der Waals surface area contributed by atoms with Gasteiger partial charge in [-0.2, -0.15) is 18.3 Å². The van der Waals surface area contributed by atoms with Crippen LogP contribution in [-0.2, 0) is 15.7 Å². The molecule has 0 spiro atoms. The number of esters is 1. The molecule has 0 saturated heterocycles. The van der Waals surface area contributed by atoms with Crippen LogP contribution in [0.4, 0.5) is 18.9 Å². The molecule has 6 nitrogen and oxygen atoms in total. The van der Waals surface area contributed by atoms with Gasteiger partial charge in [-0.25, -0.2) is 9.48 Å². The predicted octanol–water partition coefficient (Wildman–Crippen LogP) is 4.44. The Kier molecular flexibility index (Phi) is 6.16. The third-order valence-electron chi connectivity index (χ3n) is 4.40. The van der Waals surface area contributed by atoms with Crippen LogP contribution in [0, 0.1) is 5.41 Å². The first kappa shape index (κ1) is 21.5. The fraction of sp³-hybridized carbons (Fsp3) is 0.421. The van der Waals surface area contributed by atoms with Crippen LogP contribution < -0.4 is 5.32 Å². The Morgan fingerprint density at radius 1 is 1.14 bits per heavy atom. The predicted molar refractivity (Wildman–Crippen MR) is 97.2 cm³/mol. The second-order valence-electron chi connectivity index (χ2n) is 6.78. The highest BCUT2D eigenvalue weighted by molar-refractivity contribution is 5.94. The molecule has 2 rings (SSSR count). The van der Waals surface area contributed by atoms with E-state index in [1.165, 1.54) is 31.2 Å². The number of anilines is 1. The highest BCUT2D eigenvalue weighted by Crippen LogP contribution is 2.34. The normalized spacial score (nSPS) is 12.0. The van der Waals surface area contributed by atoms with E-state index in [-0.39, 0.29) is 18.2 Å². The van der Waals surface area contributed by atoms with Gasteiger partial charge in [0.1, 0.15) is 5.56 Å². The van der Waals surface area contributed by atoms with Crippen molar-refractivity contribution in [2.45, 2.75) is 40.3 Å². The van der Waals surface area contributed by atoms with E-state index in [9.17, 15) is 22.8 Å². The smallest absolute Gasteiger partial charge is 0.434 e. The minimum absolute atomic E-state index is 0.0518.